The Labute approximate surface area is 115 Å². The van der Waals surface area contributed by atoms with E-state index in [0.29, 0.717) is 12.2 Å². The lowest BCUT2D eigenvalue weighted by molar-refractivity contribution is 0.0690. The molecule has 98 valence electrons. The first kappa shape index (κ1) is 13.4. The van der Waals surface area contributed by atoms with Gasteiger partial charge in [0.1, 0.15) is 5.69 Å². The summed E-state index contributed by atoms with van der Waals surface area (Å²) in [6.45, 7) is 0.499. The van der Waals surface area contributed by atoms with E-state index in [9.17, 15) is 4.79 Å². The molecule has 1 heterocycles. The van der Waals surface area contributed by atoms with Gasteiger partial charge in [-0.2, -0.15) is 0 Å². The number of carbonyl (C=O) groups is 1. The minimum atomic E-state index is -1.01. The van der Waals surface area contributed by atoms with Gasteiger partial charge in [0.15, 0.2) is 0 Å². The molecule has 2 N–H and O–H groups in total. The maximum Gasteiger partial charge on any atom is 0.354 e. The van der Waals surface area contributed by atoms with Gasteiger partial charge >= 0.3 is 5.97 Å². The van der Waals surface area contributed by atoms with E-state index < -0.39 is 5.97 Å². The van der Waals surface area contributed by atoms with Crippen molar-refractivity contribution in [2.75, 3.05) is 11.6 Å². The van der Waals surface area contributed by atoms with Gasteiger partial charge in [-0.25, -0.2) is 9.78 Å². The number of thioether (sulfide) groups is 1. The number of carboxylic acids is 1. The molecule has 19 heavy (non-hydrogen) atoms. The van der Waals surface area contributed by atoms with Crippen molar-refractivity contribution in [2.45, 2.75) is 11.4 Å². The van der Waals surface area contributed by atoms with Gasteiger partial charge in [0.2, 0.25) is 0 Å². The van der Waals surface area contributed by atoms with Crippen LogP contribution in [0.5, 0.6) is 0 Å². The second kappa shape index (κ2) is 6.24. The number of carboxylic acid groups (broad SMARTS) is 1. The number of aromatic carboxylic acids is 1. The molecule has 0 amide bonds. The van der Waals surface area contributed by atoms with Crippen molar-refractivity contribution in [1.82, 2.24) is 4.98 Å². The first-order valence-electron chi connectivity index (χ1n) is 5.76. The van der Waals surface area contributed by atoms with Crippen LogP contribution < -0.4 is 5.32 Å². The molecule has 1 aromatic heterocycles. The molecule has 4 nitrogen and oxygen atoms in total. The van der Waals surface area contributed by atoms with Crippen LogP contribution in [0.15, 0.2) is 47.4 Å². The molecule has 0 saturated carbocycles. The Balaban J connectivity index is 2.05. The van der Waals surface area contributed by atoms with Gasteiger partial charge in [0.25, 0.3) is 0 Å². The van der Waals surface area contributed by atoms with Gasteiger partial charge in [-0.15, -0.1) is 11.8 Å². The molecule has 0 aliphatic heterocycles. The Hall–Kier alpha value is -2.01. The van der Waals surface area contributed by atoms with Crippen LogP contribution in [0, 0.1) is 0 Å². The van der Waals surface area contributed by atoms with Crippen molar-refractivity contribution in [2.24, 2.45) is 0 Å². The highest BCUT2D eigenvalue weighted by atomic mass is 32.2. The smallest absolute Gasteiger partial charge is 0.354 e. The molecular formula is C14H14N2O2S. The lowest BCUT2D eigenvalue weighted by atomic mass is 10.2. The van der Waals surface area contributed by atoms with Crippen LogP contribution in [0.4, 0.5) is 5.69 Å². The summed E-state index contributed by atoms with van der Waals surface area (Å²) in [5.41, 5.74) is 1.76. The fourth-order valence-electron chi connectivity index (χ4n) is 1.62. The molecule has 0 unspecified atom stereocenters. The first-order valence-corrected chi connectivity index (χ1v) is 6.98. The van der Waals surface area contributed by atoms with E-state index in [4.69, 9.17) is 5.11 Å². The Morgan fingerprint density at radius 2 is 2.11 bits per heavy atom. The van der Waals surface area contributed by atoms with E-state index in [1.54, 1.807) is 23.9 Å². The number of pyridine rings is 1. The molecule has 1 aromatic carbocycles. The quantitative estimate of drug-likeness (QED) is 0.820. The van der Waals surface area contributed by atoms with Crippen LogP contribution in [0.25, 0.3) is 0 Å². The van der Waals surface area contributed by atoms with Gasteiger partial charge in [0.05, 0.1) is 12.2 Å². The van der Waals surface area contributed by atoms with Crippen molar-refractivity contribution in [3.05, 3.63) is 53.9 Å². The molecule has 0 bridgehead atoms. The lowest BCUT2D eigenvalue weighted by Gasteiger charge is -2.07. The second-order valence-electron chi connectivity index (χ2n) is 3.90. The number of rotatable bonds is 5. The zero-order valence-electron chi connectivity index (χ0n) is 10.5. The summed E-state index contributed by atoms with van der Waals surface area (Å²) in [4.78, 5) is 16.1. The monoisotopic (exact) mass is 274 g/mol. The normalized spacial score (nSPS) is 10.2. The molecule has 0 saturated heterocycles. The maximum atomic E-state index is 10.8. The summed E-state index contributed by atoms with van der Waals surface area (Å²) < 4.78 is 0. The molecule has 2 aromatic rings. The molecule has 0 atom stereocenters. The predicted octanol–water partition coefficient (Wildman–Crippen LogP) is 3.11. The number of nitrogens with one attached hydrogen (secondary N) is 1. The van der Waals surface area contributed by atoms with Crippen molar-refractivity contribution < 1.29 is 9.90 Å². The highest BCUT2D eigenvalue weighted by Crippen LogP contribution is 2.19. The fraction of sp³-hybridized carbons (Fsp3) is 0.143. The van der Waals surface area contributed by atoms with E-state index in [-0.39, 0.29) is 5.69 Å². The standard InChI is InChI=1S/C14H14N2O2S/c1-19-12-6-2-4-10(8-12)15-9-11-5-3-7-13(16-11)14(17)18/h2-8,15H,9H2,1H3,(H,17,18). The minimum Gasteiger partial charge on any atom is -0.477 e. The van der Waals surface area contributed by atoms with Crippen LogP contribution >= 0.6 is 11.8 Å². The van der Waals surface area contributed by atoms with Crippen LogP contribution in [-0.4, -0.2) is 22.3 Å². The molecule has 5 heteroatoms. The van der Waals surface area contributed by atoms with E-state index in [0.717, 1.165) is 5.69 Å². The van der Waals surface area contributed by atoms with Crippen molar-refractivity contribution in [1.29, 1.82) is 0 Å². The average Bonchev–Trinajstić information content (AvgIpc) is 2.45. The van der Waals surface area contributed by atoms with Crippen LogP contribution in [-0.2, 0) is 6.54 Å². The molecule has 0 fully saturated rings. The number of hydrogen-bond acceptors (Lipinski definition) is 4. The Bertz CT molecular complexity index is 587. The molecular weight excluding hydrogens is 260 g/mol. The van der Waals surface area contributed by atoms with Crippen LogP contribution in [0.3, 0.4) is 0 Å². The van der Waals surface area contributed by atoms with Gasteiger partial charge in [0, 0.05) is 10.6 Å². The number of benzene rings is 1. The summed E-state index contributed by atoms with van der Waals surface area (Å²) in [7, 11) is 0. The Morgan fingerprint density at radius 1 is 1.32 bits per heavy atom. The minimum absolute atomic E-state index is 0.0668. The van der Waals surface area contributed by atoms with E-state index in [2.05, 4.69) is 10.3 Å². The van der Waals surface area contributed by atoms with Gasteiger partial charge in [-0.1, -0.05) is 12.1 Å². The third-order valence-electron chi connectivity index (χ3n) is 2.57. The number of hydrogen-bond donors (Lipinski definition) is 2. The predicted molar refractivity (Wildman–Crippen MR) is 76.7 cm³/mol. The highest BCUT2D eigenvalue weighted by molar-refractivity contribution is 7.98. The summed E-state index contributed by atoms with van der Waals surface area (Å²) in [5, 5.41) is 12.1. The first-order chi connectivity index (χ1) is 9.19. The Morgan fingerprint density at radius 3 is 2.84 bits per heavy atom. The summed E-state index contributed by atoms with van der Waals surface area (Å²) in [6.07, 6.45) is 2.02. The highest BCUT2D eigenvalue weighted by Gasteiger charge is 2.04. The molecule has 0 radical (unpaired) electrons. The topological polar surface area (TPSA) is 62.2 Å². The maximum absolute atomic E-state index is 10.8. The number of nitrogens with zero attached hydrogens (tertiary/aromatic N) is 1. The van der Waals surface area contributed by atoms with E-state index >= 15 is 0 Å². The van der Waals surface area contributed by atoms with E-state index in [1.807, 2.05) is 30.5 Å². The molecule has 0 aliphatic rings. The molecule has 2 rings (SSSR count). The summed E-state index contributed by atoms with van der Waals surface area (Å²) in [5.74, 6) is -1.01. The van der Waals surface area contributed by atoms with Crippen molar-refractivity contribution >= 4 is 23.4 Å². The largest absolute Gasteiger partial charge is 0.477 e. The van der Waals surface area contributed by atoms with Crippen molar-refractivity contribution in [3.63, 3.8) is 0 Å². The van der Waals surface area contributed by atoms with Crippen LogP contribution in [0.2, 0.25) is 0 Å². The number of aromatic nitrogens is 1. The summed E-state index contributed by atoms with van der Waals surface area (Å²) in [6, 6.07) is 13.0. The summed E-state index contributed by atoms with van der Waals surface area (Å²) >= 11 is 1.68. The zero-order valence-corrected chi connectivity index (χ0v) is 11.3. The zero-order chi connectivity index (χ0) is 13.7. The lowest BCUT2D eigenvalue weighted by Crippen LogP contribution is -2.06. The number of anilines is 1. The van der Waals surface area contributed by atoms with Gasteiger partial charge in [-0.05, 0) is 36.6 Å². The fourth-order valence-corrected chi connectivity index (χ4v) is 2.08. The molecule has 0 aliphatic carbocycles. The van der Waals surface area contributed by atoms with Crippen molar-refractivity contribution in [3.8, 4) is 0 Å². The van der Waals surface area contributed by atoms with Crippen LogP contribution in [0.1, 0.15) is 16.2 Å². The third kappa shape index (κ3) is 3.72. The second-order valence-corrected chi connectivity index (χ2v) is 4.78. The SMILES string of the molecule is CSc1cccc(NCc2cccc(C(=O)O)n2)c1. The molecule has 0 spiro atoms. The van der Waals surface area contributed by atoms with E-state index in [1.165, 1.54) is 11.0 Å². The third-order valence-corrected chi connectivity index (χ3v) is 3.29. The average molecular weight is 274 g/mol. The van der Waals surface area contributed by atoms with Gasteiger partial charge < -0.3 is 10.4 Å². The van der Waals surface area contributed by atoms with Gasteiger partial charge in [-0.3, -0.25) is 0 Å². The Kier molecular flexibility index (Phi) is 4.41.